The van der Waals surface area contributed by atoms with Gasteiger partial charge in [-0.1, -0.05) is 0 Å². The summed E-state index contributed by atoms with van der Waals surface area (Å²) in [4.78, 5) is 15.1. The van der Waals surface area contributed by atoms with E-state index in [1.807, 2.05) is 0 Å². The monoisotopic (exact) mass is 279 g/mol. The molecule has 0 radical (unpaired) electrons. The molecule has 0 atom stereocenters. The molecule has 0 N–H and O–H groups in total. The maximum absolute atomic E-state index is 11.1. The summed E-state index contributed by atoms with van der Waals surface area (Å²) in [6.45, 7) is 0.506. The molecule has 19 heavy (non-hydrogen) atoms. The van der Waals surface area contributed by atoms with E-state index < -0.39 is 5.97 Å². The van der Waals surface area contributed by atoms with Crippen molar-refractivity contribution in [2.75, 3.05) is 20.3 Å². The van der Waals surface area contributed by atoms with Gasteiger partial charge < -0.3 is 14.2 Å². The highest BCUT2D eigenvalue weighted by molar-refractivity contribution is 7.78. The third-order valence-electron chi connectivity index (χ3n) is 2.75. The summed E-state index contributed by atoms with van der Waals surface area (Å²) >= 11 is 4.61. The number of carbonyl (C=O) groups excluding carboxylic acids is 1. The predicted octanol–water partition coefficient (Wildman–Crippen LogP) is 2.30. The Hall–Kier alpha value is -1.91. The molecule has 5 nitrogen and oxygen atoms in total. The molecule has 100 valence electrons. The van der Waals surface area contributed by atoms with Gasteiger partial charge in [0.05, 0.1) is 18.9 Å². The van der Waals surface area contributed by atoms with E-state index in [0.29, 0.717) is 23.8 Å². The van der Waals surface area contributed by atoms with Crippen LogP contribution < -0.4 is 9.47 Å². The highest BCUT2D eigenvalue weighted by Crippen LogP contribution is 2.40. The lowest BCUT2D eigenvalue weighted by Crippen LogP contribution is -2.15. The molecule has 1 aromatic carbocycles. The number of rotatable bonds is 4. The van der Waals surface area contributed by atoms with Crippen LogP contribution in [0.5, 0.6) is 11.5 Å². The molecule has 1 aromatic rings. The number of ether oxygens (including phenoxy) is 3. The number of methoxy groups -OCH3 is 1. The van der Waals surface area contributed by atoms with Crippen LogP contribution in [0, 0.1) is 0 Å². The van der Waals surface area contributed by atoms with E-state index in [2.05, 4.69) is 27.1 Å². The van der Waals surface area contributed by atoms with Crippen molar-refractivity contribution in [3.05, 3.63) is 17.7 Å². The van der Waals surface area contributed by atoms with E-state index in [9.17, 15) is 4.79 Å². The van der Waals surface area contributed by atoms with E-state index >= 15 is 0 Å². The van der Waals surface area contributed by atoms with Crippen LogP contribution in [0.25, 0.3) is 0 Å². The highest BCUT2D eigenvalue weighted by atomic mass is 32.1. The lowest BCUT2D eigenvalue weighted by Gasteiger charge is -2.21. The number of isothiocyanates is 1. The molecular formula is C13H13NO4S. The van der Waals surface area contributed by atoms with E-state index in [4.69, 9.17) is 9.47 Å². The molecule has 6 heteroatoms. The average Bonchev–Trinajstić information content (AvgIpc) is 2.46. The second kappa shape index (κ2) is 6.31. The Labute approximate surface area is 116 Å². The Morgan fingerprint density at radius 3 is 3.16 bits per heavy atom. The van der Waals surface area contributed by atoms with E-state index in [0.717, 1.165) is 18.4 Å². The minimum Gasteiger partial charge on any atom is -0.491 e. The molecule has 0 saturated heterocycles. The van der Waals surface area contributed by atoms with Crippen molar-refractivity contribution >= 4 is 29.0 Å². The van der Waals surface area contributed by atoms with E-state index in [1.165, 1.54) is 7.11 Å². The quantitative estimate of drug-likeness (QED) is 0.481. The van der Waals surface area contributed by atoms with Crippen molar-refractivity contribution in [1.29, 1.82) is 0 Å². The van der Waals surface area contributed by atoms with Crippen molar-refractivity contribution in [3.8, 4) is 11.5 Å². The summed E-state index contributed by atoms with van der Waals surface area (Å²) in [5.74, 6) is 0.848. The Morgan fingerprint density at radius 1 is 1.58 bits per heavy atom. The molecule has 1 heterocycles. The number of carbonyl (C=O) groups is 1. The number of fused-ring (bicyclic) bond motifs is 1. The van der Waals surface area contributed by atoms with Gasteiger partial charge in [0, 0.05) is 5.56 Å². The first-order chi connectivity index (χ1) is 9.26. The molecule has 0 saturated carbocycles. The molecule has 1 aliphatic rings. The van der Waals surface area contributed by atoms with Crippen molar-refractivity contribution < 1.29 is 19.0 Å². The number of hydrogen-bond donors (Lipinski definition) is 0. The minimum absolute atomic E-state index is 0.126. The maximum atomic E-state index is 11.1. The van der Waals surface area contributed by atoms with Gasteiger partial charge in [-0.15, -0.1) is 0 Å². The van der Waals surface area contributed by atoms with Crippen LogP contribution in [0.3, 0.4) is 0 Å². The van der Waals surface area contributed by atoms with Gasteiger partial charge in [-0.2, -0.15) is 4.99 Å². The molecule has 1 aliphatic heterocycles. The minimum atomic E-state index is -0.425. The van der Waals surface area contributed by atoms with Gasteiger partial charge >= 0.3 is 5.97 Å². The largest absolute Gasteiger partial charge is 0.491 e. The van der Waals surface area contributed by atoms with E-state index in [1.54, 1.807) is 12.1 Å². The van der Waals surface area contributed by atoms with Gasteiger partial charge in [-0.3, -0.25) is 0 Å². The molecular weight excluding hydrogens is 266 g/mol. The second-order valence-corrected chi connectivity index (χ2v) is 4.09. The Kier molecular flexibility index (Phi) is 4.49. The summed E-state index contributed by atoms with van der Waals surface area (Å²) in [7, 11) is 1.32. The predicted molar refractivity (Wildman–Crippen MR) is 72.5 cm³/mol. The Bertz CT molecular complexity index is 538. The number of benzene rings is 1. The fourth-order valence-electron chi connectivity index (χ4n) is 1.89. The molecule has 0 aromatic heterocycles. The first-order valence-corrected chi connectivity index (χ1v) is 6.23. The van der Waals surface area contributed by atoms with Gasteiger partial charge in [0.25, 0.3) is 0 Å². The molecule has 0 spiro atoms. The van der Waals surface area contributed by atoms with Crippen LogP contribution in [-0.4, -0.2) is 31.5 Å². The zero-order chi connectivity index (χ0) is 13.7. The van der Waals surface area contributed by atoms with Gasteiger partial charge in [-0.25, -0.2) is 4.79 Å². The van der Waals surface area contributed by atoms with Crippen molar-refractivity contribution in [2.24, 2.45) is 4.99 Å². The molecule has 2 rings (SSSR count). The standard InChI is InChI=1S/C13H13NO4S/c1-16-12(15)7-18-11-5-4-10(14-8-19)13-9(11)3-2-6-17-13/h4-5H,2-3,6-7H2,1H3. The lowest BCUT2D eigenvalue weighted by molar-refractivity contribution is -0.142. The number of thiocarbonyl (C=S) groups is 1. The third kappa shape index (κ3) is 3.10. The molecule has 0 amide bonds. The first-order valence-electron chi connectivity index (χ1n) is 5.82. The van der Waals surface area contributed by atoms with Crippen molar-refractivity contribution in [3.63, 3.8) is 0 Å². The van der Waals surface area contributed by atoms with Gasteiger partial charge in [-0.05, 0) is 37.2 Å². The van der Waals surface area contributed by atoms with Crippen LogP contribution >= 0.6 is 12.2 Å². The Balaban J connectivity index is 2.29. The van der Waals surface area contributed by atoms with Crippen molar-refractivity contribution in [1.82, 2.24) is 0 Å². The van der Waals surface area contributed by atoms with Crippen molar-refractivity contribution in [2.45, 2.75) is 12.8 Å². The zero-order valence-electron chi connectivity index (χ0n) is 10.5. The van der Waals surface area contributed by atoms with Crippen LogP contribution in [0.1, 0.15) is 12.0 Å². The zero-order valence-corrected chi connectivity index (χ0v) is 11.3. The van der Waals surface area contributed by atoms with Crippen LogP contribution in [0.2, 0.25) is 0 Å². The fourth-order valence-corrected chi connectivity index (χ4v) is 1.98. The maximum Gasteiger partial charge on any atom is 0.343 e. The second-order valence-electron chi connectivity index (χ2n) is 3.91. The van der Waals surface area contributed by atoms with Gasteiger partial charge in [0.1, 0.15) is 11.4 Å². The summed E-state index contributed by atoms with van der Waals surface area (Å²) in [5.41, 5.74) is 1.54. The average molecular weight is 279 g/mol. The summed E-state index contributed by atoms with van der Waals surface area (Å²) < 4.78 is 15.6. The molecule has 0 fully saturated rings. The van der Waals surface area contributed by atoms with Gasteiger partial charge in [0.2, 0.25) is 0 Å². The smallest absolute Gasteiger partial charge is 0.343 e. The lowest BCUT2D eigenvalue weighted by atomic mass is 10.0. The molecule has 0 unspecified atom stereocenters. The molecule has 0 aliphatic carbocycles. The molecule has 0 bridgehead atoms. The topological polar surface area (TPSA) is 57.1 Å². The SMILES string of the molecule is COC(=O)COc1ccc(N=C=S)c2c1CCCO2. The number of esters is 1. The third-order valence-corrected chi connectivity index (χ3v) is 2.84. The number of hydrogen-bond acceptors (Lipinski definition) is 6. The van der Waals surface area contributed by atoms with Crippen LogP contribution in [-0.2, 0) is 16.0 Å². The summed E-state index contributed by atoms with van der Waals surface area (Å²) in [5, 5.41) is 2.33. The number of nitrogens with zero attached hydrogens (tertiary/aromatic N) is 1. The number of aliphatic imine (C=N–C) groups is 1. The first kappa shape index (κ1) is 13.5. The summed E-state index contributed by atoms with van der Waals surface area (Å²) in [6, 6.07) is 3.48. The fraction of sp³-hybridized carbons (Fsp3) is 0.385. The normalized spacial score (nSPS) is 12.7. The van der Waals surface area contributed by atoms with Crippen LogP contribution in [0.15, 0.2) is 17.1 Å². The van der Waals surface area contributed by atoms with Crippen LogP contribution in [0.4, 0.5) is 5.69 Å². The van der Waals surface area contributed by atoms with Gasteiger partial charge in [0.15, 0.2) is 12.4 Å². The van der Waals surface area contributed by atoms with E-state index in [-0.39, 0.29) is 6.61 Å². The summed E-state index contributed by atoms with van der Waals surface area (Å²) in [6.07, 6.45) is 1.71. The highest BCUT2D eigenvalue weighted by Gasteiger charge is 2.20. The Morgan fingerprint density at radius 2 is 2.42 bits per heavy atom.